The highest BCUT2D eigenvalue weighted by molar-refractivity contribution is 6.32. The Labute approximate surface area is 426 Å². The normalized spacial score (nSPS) is 13.4. The fourth-order valence-electron chi connectivity index (χ4n) is 7.95. The summed E-state index contributed by atoms with van der Waals surface area (Å²) in [6, 6.07) is 38.3. The lowest BCUT2D eigenvalue weighted by Crippen LogP contribution is -2.49. The Hall–Kier alpha value is -7.53. The van der Waals surface area contributed by atoms with Gasteiger partial charge in [-0.25, -0.2) is 0 Å². The average Bonchev–Trinajstić information content (AvgIpc) is 4.11. The van der Waals surface area contributed by atoms with E-state index in [1.165, 1.54) is 0 Å². The Bertz CT molecular complexity index is 2920. The lowest BCUT2D eigenvalue weighted by atomic mass is 10.2. The summed E-state index contributed by atoms with van der Waals surface area (Å²) in [5, 5.41) is 13.1. The van der Waals surface area contributed by atoms with Crippen molar-refractivity contribution < 1.29 is 19.1 Å². The maximum absolute atomic E-state index is 13.3. The second-order valence-electron chi connectivity index (χ2n) is 16.1. The Morgan fingerprint density at radius 1 is 0.535 bits per heavy atom. The van der Waals surface area contributed by atoms with E-state index < -0.39 is 0 Å². The van der Waals surface area contributed by atoms with Crippen LogP contribution in [0.1, 0.15) is 0 Å². The summed E-state index contributed by atoms with van der Waals surface area (Å²) >= 11 is 17.7. The number of aromatic nitrogens is 8. The van der Waals surface area contributed by atoms with Crippen LogP contribution in [0.25, 0.3) is 45.6 Å². The minimum atomic E-state index is -0.00463. The van der Waals surface area contributed by atoms with Crippen LogP contribution in [-0.4, -0.2) is 134 Å². The number of anilines is 2. The molecule has 2 fully saturated rings. The van der Waals surface area contributed by atoms with Gasteiger partial charge in [-0.1, -0.05) is 47.5 Å². The van der Waals surface area contributed by atoms with Crippen LogP contribution in [0.15, 0.2) is 146 Å². The van der Waals surface area contributed by atoms with E-state index in [1.807, 2.05) is 126 Å². The first-order valence-corrected chi connectivity index (χ1v) is 24.1. The number of halogens is 3. The number of nitrogens with zero attached hydrogens (tertiary/aromatic N) is 11. The second-order valence-corrected chi connectivity index (χ2v) is 17.2. The van der Waals surface area contributed by atoms with E-state index in [1.54, 1.807) is 48.6 Å². The fourth-order valence-corrected chi connectivity index (χ4v) is 8.51. The molecule has 8 heterocycles. The molecule has 0 radical (unpaired) electrons. The van der Waals surface area contributed by atoms with Crippen molar-refractivity contribution in [3.05, 3.63) is 156 Å². The van der Waals surface area contributed by atoms with Crippen LogP contribution in [0.3, 0.4) is 0 Å². The van der Waals surface area contributed by atoms with Crippen LogP contribution in [0, 0.1) is 0 Å². The van der Waals surface area contributed by atoms with Crippen molar-refractivity contribution in [2.24, 2.45) is 0 Å². The molecule has 16 nitrogen and oxygen atoms in total. The van der Waals surface area contributed by atoms with Crippen molar-refractivity contribution >= 4 is 58.0 Å². The van der Waals surface area contributed by atoms with Crippen molar-refractivity contribution in [1.29, 1.82) is 0 Å². The van der Waals surface area contributed by atoms with Crippen LogP contribution >= 0.6 is 34.8 Å². The van der Waals surface area contributed by atoms with Gasteiger partial charge in [-0.05, 0) is 84.9 Å². The molecule has 0 aliphatic carbocycles. The Balaban J connectivity index is 0.000000158. The Kier molecular flexibility index (Phi) is 17.1. The van der Waals surface area contributed by atoms with Crippen molar-refractivity contribution in [2.75, 3.05) is 82.3 Å². The third-order valence-corrected chi connectivity index (χ3v) is 12.6. The number of hydrogen-bond acceptors (Lipinski definition) is 12. The van der Waals surface area contributed by atoms with Gasteiger partial charge < -0.3 is 29.1 Å². The average molecular weight is 1010 g/mol. The molecule has 0 bridgehead atoms. The highest BCUT2D eigenvalue weighted by atomic mass is 35.5. The van der Waals surface area contributed by atoms with Gasteiger partial charge >= 0.3 is 0 Å². The van der Waals surface area contributed by atoms with Gasteiger partial charge in [0.15, 0.2) is 0 Å². The molecule has 0 spiro atoms. The number of pyridine rings is 4. The summed E-state index contributed by atoms with van der Waals surface area (Å²) in [5.74, 6) is 1.38. The van der Waals surface area contributed by atoms with Crippen LogP contribution in [0.4, 0.5) is 11.4 Å². The number of H-pyrrole nitrogens is 1. The predicted molar refractivity (Wildman–Crippen MR) is 278 cm³/mol. The van der Waals surface area contributed by atoms with Crippen LogP contribution in [0.5, 0.6) is 11.5 Å². The Morgan fingerprint density at radius 2 is 1.00 bits per heavy atom. The molecule has 6 aromatic heterocycles. The molecule has 10 rings (SSSR count). The number of benzene rings is 2. The summed E-state index contributed by atoms with van der Waals surface area (Å²) in [5.41, 5.74) is 8.54. The molecule has 2 aliphatic rings. The van der Waals surface area contributed by atoms with Crippen molar-refractivity contribution in [3.8, 4) is 57.1 Å². The van der Waals surface area contributed by atoms with Gasteiger partial charge in [0.25, 0.3) is 0 Å². The number of amides is 2. The zero-order valence-electron chi connectivity index (χ0n) is 39.1. The van der Waals surface area contributed by atoms with Crippen molar-refractivity contribution in [1.82, 2.24) is 49.7 Å². The van der Waals surface area contributed by atoms with E-state index in [0.717, 1.165) is 77.4 Å². The molecular weight excluding hydrogens is 963 g/mol. The number of ether oxygens (including phenoxy) is 2. The molecule has 0 unspecified atom stereocenters. The first-order chi connectivity index (χ1) is 34.7. The summed E-state index contributed by atoms with van der Waals surface area (Å²) < 4.78 is 12.3. The molecule has 2 amide bonds. The van der Waals surface area contributed by atoms with Crippen LogP contribution in [0.2, 0.25) is 10.0 Å². The molecule has 0 saturated carbocycles. The molecule has 2 aliphatic heterocycles. The number of aromatic amines is 1. The fraction of sp³-hybridized carbons (Fsp3) is 0.231. The van der Waals surface area contributed by atoms with Gasteiger partial charge in [0, 0.05) is 101 Å². The molecule has 71 heavy (non-hydrogen) atoms. The zero-order chi connectivity index (χ0) is 49.5. The van der Waals surface area contributed by atoms with Crippen molar-refractivity contribution in [2.45, 2.75) is 6.54 Å². The van der Waals surface area contributed by atoms with E-state index in [-0.39, 0.29) is 24.2 Å². The molecular formula is C52H51Cl3N12O4. The number of nitrogens with one attached hydrogen (secondary N) is 1. The van der Waals surface area contributed by atoms with E-state index in [0.29, 0.717) is 53.4 Å². The monoisotopic (exact) mass is 1010 g/mol. The molecule has 364 valence electrons. The quantitative estimate of drug-likeness (QED) is 0.123. The first kappa shape index (κ1) is 49.9. The molecule has 2 aromatic carbocycles. The number of piperazine rings is 2. The van der Waals surface area contributed by atoms with Crippen molar-refractivity contribution in [3.63, 3.8) is 0 Å². The summed E-state index contributed by atoms with van der Waals surface area (Å²) in [6.45, 7) is 5.78. The minimum Gasteiger partial charge on any atom is -0.495 e. The minimum absolute atomic E-state index is 0.00463. The largest absolute Gasteiger partial charge is 0.495 e. The number of carbonyl (C=O) groups is 2. The highest BCUT2D eigenvalue weighted by Gasteiger charge is 2.25. The lowest BCUT2D eigenvalue weighted by Gasteiger charge is -2.36. The maximum Gasteiger partial charge on any atom is 0.244 e. The summed E-state index contributed by atoms with van der Waals surface area (Å²) in [6.07, 6.45) is 6.98. The van der Waals surface area contributed by atoms with Crippen LogP contribution in [-0.2, 0) is 16.1 Å². The molecule has 1 N–H and O–H groups in total. The van der Waals surface area contributed by atoms with Gasteiger partial charge in [0.05, 0.1) is 58.4 Å². The van der Waals surface area contributed by atoms with E-state index in [2.05, 4.69) is 39.9 Å². The summed E-state index contributed by atoms with van der Waals surface area (Å²) in [7, 11) is 3.21. The number of rotatable bonds is 11. The van der Waals surface area contributed by atoms with E-state index in [9.17, 15) is 9.59 Å². The lowest BCUT2D eigenvalue weighted by molar-refractivity contribution is -0.132. The third-order valence-electron chi connectivity index (χ3n) is 11.7. The Morgan fingerprint density at radius 3 is 1.46 bits per heavy atom. The predicted octanol–water partition coefficient (Wildman–Crippen LogP) is 8.79. The number of methoxy groups -OCH3 is 2. The molecule has 0 atom stereocenters. The van der Waals surface area contributed by atoms with Gasteiger partial charge in [0.2, 0.25) is 11.8 Å². The van der Waals surface area contributed by atoms with Gasteiger partial charge in [-0.3, -0.25) is 39.3 Å². The van der Waals surface area contributed by atoms with Gasteiger partial charge in [-0.2, -0.15) is 10.2 Å². The van der Waals surface area contributed by atoms with Gasteiger partial charge in [0.1, 0.15) is 35.3 Å². The molecule has 8 aromatic rings. The van der Waals surface area contributed by atoms with Gasteiger partial charge in [-0.15, -0.1) is 11.6 Å². The first-order valence-electron chi connectivity index (χ1n) is 22.8. The molecule has 2 saturated heterocycles. The topological polar surface area (TPSA) is 164 Å². The highest BCUT2D eigenvalue weighted by Crippen LogP contribution is 2.32. The maximum atomic E-state index is 13.3. The smallest absolute Gasteiger partial charge is 0.244 e. The van der Waals surface area contributed by atoms with Crippen LogP contribution < -0.4 is 19.3 Å². The summed E-state index contributed by atoms with van der Waals surface area (Å²) in [4.78, 5) is 50.3. The number of hydrogen-bond donors (Lipinski definition) is 1. The second kappa shape index (κ2) is 24.3. The standard InChI is InChI=1S/C26H25ClN6O2.C13H16Cl2N2O2.C13H10N4/c1-35-25-16-19(8-9-20(25)27)31-12-14-32(15-13-31)26(34)18-33-24(22-7-3-5-11-29-22)17-23(30-33)21-6-2-4-10-28-21;1-19-12-8-10(2-3-11(12)15)16-4-6-17(7-5-16)13(18)9-14;1-3-7-14-10(5-1)12-9-13(17-16-12)11-6-2-4-8-15-11/h2-11,16-17H,12-15,18H2,1H3;2-3,8H,4-7,9H2,1H3;1-9H,(H,16,17). The van der Waals surface area contributed by atoms with E-state index in [4.69, 9.17) is 49.4 Å². The van der Waals surface area contributed by atoms with E-state index >= 15 is 0 Å². The number of alkyl halides is 1. The number of carbonyl (C=O) groups excluding carboxylic acids is 2. The molecule has 19 heteroatoms. The zero-order valence-corrected chi connectivity index (χ0v) is 41.4. The SMILES string of the molecule is COc1cc(N2CCN(C(=O)CCl)CC2)ccc1Cl.COc1cc(N2CCN(C(=O)Cn3nc(-c4ccccn4)cc3-c3ccccn3)CC2)ccc1Cl.c1ccc(-c2cc(-c3ccccn3)[nH]n2)nc1. The third kappa shape index (κ3) is 12.8.